The predicted molar refractivity (Wildman–Crippen MR) is 202 cm³/mol. The van der Waals surface area contributed by atoms with Gasteiger partial charge in [-0.15, -0.1) is 11.3 Å². The Hall–Kier alpha value is -5.44. The van der Waals surface area contributed by atoms with Crippen molar-refractivity contribution < 1.29 is 0 Å². The zero-order valence-electron chi connectivity index (χ0n) is 26.4. The molecular formula is C45H33NS. The monoisotopic (exact) mass is 619 g/mol. The Morgan fingerprint density at radius 2 is 0.979 bits per heavy atom. The first-order valence-corrected chi connectivity index (χ1v) is 17.1. The predicted octanol–water partition coefficient (Wildman–Crippen LogP) is 13.2. The Morgan fingerprint density at radius 1 is 0.426 bits per heavy atom. The lowest BCUT2D eigenvalue weighted by atomic mass is 9.82. The molecule has 1 heterocycles. The number of fused-ring (bicyclic) bond motifs is 6. The summed E-state index contributed by atoms with van der Waals surface area (Å²) in [6, 6.07) is 60.1. The second-order valence-electron chi connectivity index (χ2n) is 12.9. The van der Waals surface area contributed by atoms with Crippen LogP contribution in [0.3, 0.4) is 0 Å². The van der Waals surface area contributed by atoms with Crippen LogP contribution in [0.25, 0.3) is 53.6 Å². The maximum Gasteiger partial charge on any atom is 0.0543 e. The van der Waals surface area contributed by atoms with Gasteiger partial charge < -0.3 is 4.90 Å². The second-order valence-corrected chi connectivity index (χ2v) is 14.0. The van der Waals surface area contributed by atoms with Gasteiger partial charge in [-0.1, -0.05) is 147 Å². The van der Waals surface area contributed by atoms with E-state index >= 15 is 0 Å². The third kappa shape index (κ3) is 4.29. The molecule has 8 aromatic rings. The van der Waals surface area contributed by atoms with Crippen LogP contribution in [-0.4, -0.2) is 0 Å². The van der Waals surface area contributed by atoms with Crippen LogP contribution < -0.4 is 4.90 Å². The van der Waals surface area contributed by atoms with Gasteiger partial charge in [-0.05, 0) is 58.1 Å². The van der Waals surface area contributed by atoms with Crippen LogP contribution in [0.5, 0.6) is 0 Å². The second kappa shape index (κ2) is 10.8. The molecule has 0 fully saturated rings. The molecule has 0 unspecified atom stereocenters. The molecule has 1 aliphatic rings. The number of benzene rings is 7. The van der Waals surface area contributed by atoms with Gasteiger partial charge in [0.25, 0.3) is 0 Å². The maximum absolute atomic E-state index is 2.53. The van der Waals surface area contributed by atoms with Crippen LogP contribution in [0.15, 0.2) is 164 Å². The summed E-state index contributed by atoms with van der Waals surface area (Å²) in [5.41, 5.74) is 13.6. The van der Waals surface area contributed by atoms with Crippen LogP contribution in [-0.2, 0) is 5.41 Å². The minimum absolute atomic E-state index is 0.104. The van der Waals surface area contributed by atoms with E-state index in [1.807, 2.05) is 11.3 Å². The van der Waals surface area contributed by atoms with E-state index < -0.39 is 0 Å². The van der Waals surface area contributed by atoms with Gasteiger partial charge >= 0.3 is 0 Å². The van der Waals surface area contributed by atoms with E-state index in [1.54, 1.807) is 0 Å². The zero-order valence-corrected chi connectivity index (χ0v) is 27.3. The highest BCUT2D eigenvalue weighted by molar-refractivity contribution is 7.25. The largest absolute Gasteiger partial charge is 0.309 e. The lowest BCUT2D eigenvalue weighted by molar-refractivity contribution is 0.660. The first kappa shape index (κ1) is 27.8. The lowest BCUT2D eigenvalue weighted by Crippen LogP contribution is -2.16. The summed E-state index contributed by atoms with van der Waals surface area (Å²) in [7, 11) is 0. The quantitative estimate of drug-likeness (QED) is 0.185. The van der Waals surface area contributed by atoms with Crippen molar-refractivity contribution in [2.45, 2.75) is 19.3 Å². The standard InChI is InChI=1S/C45H33NS/c1-45(2)36-23-10-6-20-34(36)44-37(45)24-15-27-40(44)46(38-25-11-7-18-31(38)30-16-4-3-5-17-30)39-26-12-8-19-32(39)33-22-14-29-42-43(33)35-21-9-13-28-41(35)47-42/h3-29H,1-2H3. The summed E-state index contributed by atoms with van der Waals surface area (Å²) in [5.74, 6) is 0. The fourth-order valence-corrected chi connectivity index (χ4v) is 8.87. The Morgan fingerprint density at radius 3 is 1.81 bits per heavy atom. The molecule has 1 aliphatic carbocycles. The topological polar surface area (TPSA) is 3.24 Å². The smallest absolute Gasteiger partial charge is 0.0543 e. The number of para-hydroxylation sites is 2. The molecule has 0 atom stereocenters. The van der Waals surface area contributed by atoms with Gasteiger partial charge in [0.05, 0.1) is 17.1 Å². The first-order chi connectivity index (χ1) is 23.1. The number of rotatable bonds is 5. The maximum atomic E-state index is 2.53. The molecule has 0 bridgehead atoms. The molecule has 7 aromatic carbocycles. The number of hydrogen-bond acceptors (Lipinski definition) is 2. The molecule has 0 radical (unpaired) electrons. The highest BCUT2D eigenvalue weighted by Gasteiger charge is 2.38. The average molecular weight is 620 g/mol. The van der Waals surface area contributed by atoms with Crippen molar-refractivity contribution in [2.24, 2.45) is 0 Å². The van der Waals surface area contributed by atoms with Crippen LogP contribution in [0.1, 0.15) is 25.0 Å². The number of anilines is 3. The van der Waals surface area contributed by atoms with Gasteiger partial charge in [-0.3, -0.25) is 0 Å². The summed E-state index contributed by atoms with van der Waals surface area (Å²) in [6.07, 6.45) is 0. The van der Waals surface area contributed by atoms with Crippen molar-refractivity contribution >= 4 is 48.6 Å². The summed E-state index contributed by atoms with van der Waals surface area (Å²) in [4.78, 5) is 2.53. The van der Waals surface area contributed by atoms with Gasteiger partial charge in [0.15, 0.2) is 0 Å². The molecule has 0 amide bonds. The van der Waals surface area contributed by atoms with E-state index in [4.69, 9.17) is 0 Å². The number of hydrogen-bond donors (Lipinski definition) is 0. The highest BCUT2D eigenvalue weighted by atomic mass is 32.1. The van der Waals surface area contributed by atoms with E-state index in [1.165, 1.54) is 70.4 Å². The van der Waals surface area contributed by atoms with Crippen molar-refractivity contribution in [1.82, 2.24) is 0 Å². The normalized spacial score (nSPS) is 13.1. The third-order valence-electron chi connectivity index (χ3n) is 9.89. The van der Waals surface area contributed by atoms with Crippen LogP contribution in [0.2, 0.25) is 0 Å². The van der Waals surface area contributed by atoms with Gasteiger partial charge in [0.2, 0.25) is 0 Å². The Labute approximate surface area is 280 Å². The minimum Gasteiger partial charge on any atom is -0.309 e. The molecule has 0 aliphatic heterocycles. The minimum atomic E-state index is -0.104. The summed E-state index contributed by atoms with van der Waals surface area (Å²) in [6.45, 7) is 4.72. The van der Waals surface area contributed by atoms with Crippen LogP contribution in [0.4, 0.5) is 17.1 Å². The number of nitrogens with zero attached hydrogens (tertiary/aromatic N) is 1. The zero-order chi connectivity index (χ0) is 31.5. The van der Waals surface area contributed by atoms with Crippen molar-refractivity contribution in [3.05, 3.63) is 175 Å². The summed E-state index contributed by atoms with van der Waals surface area (Å²) < 4.78 is 2.63. The molecule has 0 saturated heterocycles. The average Bonchev–Trinajstić information content (AvgIpc) is 3.62. The molecule has 1 aromatic heterocycles. The SMILES string of the molecule is CC1(C)c2ccccc2-c2c(N(c3ccccc3-c3ccccc3)c3ccccc3-c3cccc4sc5ccccc5c34)cccc21. The fraction of sp³-hybridized carbons (Fsp3) is 0.0667. The molecule has 9 rings (SSSR count). The summed E-state index contributed by atoms with van der Waals surface area (Å²) >= 11 is 1.87. The van der Waals surface area contributed by atoms with Gasteiger partial charge in [0, 0.05) is 42.3 Å². The molecule has 2 heteroatoms. The molecule has 0 N–H and O–H groups in total. The molecule has 0 spiro atoms. The van der Waals surface area contributed by atoms with Crippen molar-refractivity contribution in [3.8, 4) is 33.4 Å². The Kier molecular flexibility index (Phi) is 6.41. The van der Waals surface area contributed by atoms with E-state index in [2.05, 4.69) is 183 Å². The van der Waals surface area contributed by atoms with Crippen molar-refractivity contribution in [1.29, 1.82) is 0 Å². The first-order valence-electron chi connectivity index (χ1n) is 16.3. The van der Waals surface area contributed by atoms with Crippen molar-refractivity contribution in [2.75, 3.05) is 4.90 Å². The summed E-state index contributed by atoms with van der Waals surface area (Å²) in [5, 5.41) is 2.63. The third-order valence-corrected chi connectivity index (χ3v) is 11.0. The lowest BCUT2D eigenvalue weighted by Gasteiger charge is -2.32. The highest BCUT2D eigenvalue weighted by Crippen LogP contribution is 2.56. The van der Waals surface area contributed by atoms with Crippen LogP contribution >= 0.6 is 11.3 Å². The number of thiophene rings is 1. The van der Waals surface area contributed by atoms with Gasteiger partial charge in [0.1, 0.15) is 0 Å². The molecular weight excluding hydrogens is 587 g/mol. The van der Waals surface area contributed by atoms with E-state index in [-0.39, 0.29) is 5.41 Å². The Bertz CT molecular complexity index is 2450. The molecule has 47 heavy (non-hydrogen) atoms. The van der Waals surface area contributed by atoms with Crippen molar-refractivity contribution in [3.63, 3.8) is 0 Å². The fourth-order valence-electron chi connectivity index (χ4n) is 7.74. The van der Waals surface area contributed by atoms with E-state index in [0.717, 1.165) is 11.4 Å². The molecule has 0 saturated carbocycles. The van der Waals surface area contributed by atoms with Gasteiger partial charge in [-0.2, -0.15) is 0 Å². The van der Waals surface area contributed by atoms with E-state index in [0.29, 0.717) is 0 Å². The molecule has 1 nitrogen and oxygen atoms in total. The molecule has 224 valence electrons. The van der Waals surface area contributed by atoms with Gasteiger partial charge in [-0.25, -0.2) is 0 Å². The van der Waals surface area contributed by atoms with Crippen LogP contribution in [0, 0.1) is 0 Å². The Balaban J connectivity index is 1.39. The van der Waals surface area contributed by atoms with E-state index in [9.17, 15) is 0 Å².